The predicted molar refractivity (Wildman–Crippen MR) is 119 cm³/mol. The van der Waals surface area contributed by atoms with Gasteiger partial charge < -0.3 is 0 Å². The second kappa shape index (κ2) is 7.81. The lowest BCUT2D eigenvalue weighted by Gasteiger charge is -2.33. The number of carbonyl (C=O) groups excluding carboxylic acids is 3. The van der Waals surface area contributed by atoms with E-state index < -0.39 is 15.1 Å². The van der Waals surface area contributed by atoms with Gasteiger partial charge in [-0.3, -0.25) is 14.4 Å². The standard InChI is InChI=1S/C24H16Br2O3/c25-20(21(27)16-11-5-2-6-12-16)19(15-9-3-1-4-10-15)24(26)22(28)17-13-7-8-14-18(17)23(24)29/h1-14,19-20H/t19-,20-/m0/s1. The summed E-state index contributed by atoms with van der Waals surface area (Å²) < 4.78 is -1.56. The molecule has 1 aliphatic carbocycles. The van der Waals surface area contributed by atoms with Crippen molar-refractivity contribution in [3.63, 3.8) is 0 Å². The summed E-state index contributed by atoms with van der Waals surface area (Å²) in [7, 11) is 0. The molecule has 0 aromatic heterocycles. The SMILES string of the molecule is O=C(c1ccccc1)[C@@H](Br)[C@H](c1ccccc1)C1(Br)C(=O)c2ccccc2C1=O. The second-order valence-electron chi connectivity index (χ2n) is 6.94. The van der Waals surface area contributed by atoms with Gasteiger partial charge in [-0.15, -0.1) is 0 Å². The number of rotatable bonds is 5. The van der Waals surface area contributed by atoms with Crippen molar-refractivity contribution >= 4 is 49.2 Å². The molecule has 0 aliphatic heterocycles. The van der Waals surface area contributed by atoms with Crippen LogP contribution in [-0.4, -0.2) is 26.5 Å². The molecule has 5 heteroatoms. The molecule has 0 radical (unpaired) electrons. The zero-order valence-electron chi connectivity index (χ0n) is 15.2. The highest BCUT2D eigenvalue weighted by molar-refractivity contribution is 9.11. The largest absolute Gasteiger partial charge is 0.293 e. The topological polar surface area (TPSA) is 51.2 Å². The molecule has 0 spiro atoms. The van der Waals surface area contributed by atoms with Crippen molar-refractivity contribution in [2.24, 2.45) is 0 Å². The molecule has 3 nitrogen and oxygen atoms in total. The van der Waals surface area contributed by atoms with Crippen molar-refractivity contribution in [2.75, 3.05) is 0 Å². The van der Waals surface area contributed by atoms with Gasteiger partial charge in [-0.05, 0) is 5.56 Å². The molecule has 0 unspecified atom stereocenters. The van der Waals surface area contributed by atoms with Crippen molar-refractivity contribution in [1.82, 2.24) is 0 Å². The van der Waals surface area contributed by atoms with Gasteiger partial charge in [-0.2, -0.15) is 0 Å². The number of carbonyl (C=O) groups is 3. The summed E-state index contributed by atoms with van der Waals surface area (Å²) in [6, 6.07) is 24.9. The number of hydrogen-bond donors (Lipinski definition) is 0. The van der Waals surface area contributed by atoms with Crippen LogP contribution in [0.25, 0.3) is 0 Å². The molecule has 1 aliphatic rings. The van der Waals surface area contributed by atoms with Crippen molar-refractivity contribution < 1.29 is 14.4 Å². The average molecular weight is 512 g/mol. The van der Waals surface area contributed by atoms with Gasteiger partial charge >= 0.3 is 0 Å². The molecular formula is C24H16Br2O3. The third-order valence-corrected chi connectivity index (χ3v) is 7.42. The minimum atomic E-state index is -1.56. The maximum absolute atomic E-state index is 13.4. The quantitative estimate of drug-likeness (QED) is 0.253. The Hall–Kier alpha value is -2.37. The molecule has 144 valence electrons. The molecule has 4 rings (SSSR count). The molecule has 0 bridgehead atoms. The number of benzene rings is 3. The molecule has 0 fully saturated rings. The zero-order valence-corrected chi connectivity index (χ0v) is 18.4. The first-order valence-electron chi connectivity index (χ1n) is 9.12. The van der Waals surface area contributed by atoms with Gasteiger partial charge in [0.25, 0.3) is 0 Å². The van der Waals surface area contributed by atoms with Crippen molar-refractivity contribution in [2.45, 2.75) is 15.1 Å². The summed E-state index contributed by atoms with van der Waals surface area (Å²) in [6.45, 7) is 0. The van der Waals surface area contributed by atoms with Crippen LogP contribution in [0.1, 0.15) is 42.6 Å². The molecule has 0 saturated heterocycles. The molecule has 0 amide bonds. The first-order chi connectivity index (χ1) is 14.0. The van der Waals surface area contributed by atoms with Crippen LogP contribution >= 0.6 is 31.9 Å². The number of fused-ring (bicyclic) bond motifs is 1. The maximum Gasteiger partial charge on any atom is 0.188 e. The Kier molecular flexibility index (Phi) is 5.36. The summed E-state index contributed by atoms with van der Waals surface area (Å²) >= 11 is 7.07. The van der Waals surface area contributed by atoms with E-state index in [0.29, 0.717) is 16.7 Å². The van der Waals surface area contributed by atoms with E-state index in [-0.39, 0.29) is 17.3 Å². The van der Waals surface area contributed by atoms with E-state index in [9.17, 15) is 14.4 Å². The van der Waals surface area contributed by atoms with Crippen molar-refractivity contribution in [3.05, 3.63) is 107 Å². The Morgan fingerprint density at radius 2 is 1.17 bits per heavy atom. The minimum Gasteiger partial charge on any atom is -0.293 e. The van der Waals surface area contributed by atoms with Crippen LogP contribution in [0.4, 0.5) is 0 Å². The van der Waals surface area contributed by atoms with E-state index in [1.807, 2.05) is 36.4 Å². The highest BCUT2D eigenvalue weighted by atomic mass is 79.9. The normalized spacial score (nSPS) is 16.9. The van der Waals surface area contributed by atoms with Gasteiger partial charge in [0.05, 0.1) is 4.83 Å². The van der Waals surface area contributed by atoms with E-state index in [0.717, 1.165) is 5.56 Å². The molecule has 0 heterocycles. The lowest BCUT2D eigenvalue weighted by molar-refractivity contribution is 0.0844. The molecule has 2 atom stereocenters. The third-order valence-electron chi connectivity index (χ3n) is 5.27. The molecule has 3 aromatic carbocycles. The van der Waals surface area contributed by atoms with E-state index in [2.05, 4.69) is 31.9 Å². The monoisotopic (exact) mass is 510 g/mol. The maximum atomic E-state index is 13.4. The Morgan fingerprint density at radius 1 is 0.724 bits per heavy atom. The summed E-state index contributed by atoms with van der Waals surface area (Å²) in [5.74, 6) is -1.56. The highest BCUT2D eigenvalue weighted by Crippen LogP contribution is 2.49. The van der Waals surface area contributed by atoms with Crippen LogP contribution in [-0.2, 0) is 0 Å². The van der Waals surface area contributed by atoms with E-state index >= 15 is 0 Å². The molecule has 29 heavy (non-hydrogen) atoms. The van der Waals surface area contributed by atoms with Gasteiger partial charge in [0.2, 0.25) is 0 Å². The Morgan fingerprint density at radius 3 is 1.69 bits per heavy atom. The Bertz CT molecular complexity index is 1060. The van der Waals surface area contributed by atoms with Gasteiger partial charge in [-0.1, -0.05) is 117 Å². The van der Waals surface area contributed by atoms with E-state index in [1.54, 1.807) is 48.5 Å². The Balaban J connectivity index is 1.86. The first-order valence-corrected chi connectivity index (χ1v) is 10.8. The van der Waals surface area contributed by atoms with Crippen LogP contribution in [0.2, 0.25) is 0 Å². The molecule has 0 N–H and O–H groups in total. The van der Waals surface area contributed by atoms with Crippen LogP contribution in [0.3, 0.4) is 0 Å². The first kappa shape index (κ1) is 19.9. The molecule has 3 aromatic rings. The number of Topliss-reactive ketones (excluding diaryl/α,β-unsaturated/α-hetero) is 3. The summed E-state index contributed by atoms with van der Waals surface area (Å²) in [6.07, 6.45) is 0. The smallest absolute Gasteiger partial charge is 0.188 e. The molecular weight excluding hydrogens is 496 g/mol. The minimum absolute atomic E-state index is 0.185. The lowest BCUT2D eigenvalue weighted by Crippen LogP contribution is -2.46. The van der Waals surface area contributed by atoms with Crippen molar-refractivity contribution in [1.29, 1.82) is 0 Å². The van der Waals surface area contributed by atoms with Gasteiger partial charge in [0.15, 0.2) is 21.7 Å². The van der Waals surface area contributed by atoms with E-state index in [1.165, 1.54) is 0 Å². The number of ketones is 3. The van der Waals surface area contributed by atoms with Gasteiger partial charge in [-0.25, -0.2) is 0 Å². The van der Waals surface area contributed by atoms with Crippen LogP contribution in [0, 0.1) is 0 Å². The number of alkyl halides is 2. The second-order valence-corrected chi connectivity index (χ2v) is 9.17. The van der Waals surface area contributed by atoms with E-state index in [4.69, 9.17) is 0 Å². The highest BCUT2D eigenvalue weighted by Gasteiger charge is 2.59. The van der Waals surface area contributed by atoms with Crippen LogP contribution in [0.5, 0.6) is 0 Å². The van der Waals surface area contributed by atoms with Gasteiger partial charge in [0.1, 0.15) is 0 Å². The van der Waals surface area contributed by atoms with Crippen LogP contribution < -0.4 is 0 Å². The third kappa shape index (κ3) is 3.22. The summed E-state index contributed by atoms with van der Waals surface area (Å²) in [4.78, 5) is 39.3. The Labute approximate surface area is 185 Å². The average Bonchev–Trinajstić information content (AvgIpc) is 2.96. The fourth-order valence-corrected chi connectivity index (χ4v) is 6.11. The summed E-state index contributed by atoms with van der Waals surface area (Å²) in [5.41, 5.74) is 2.00. The predicted octanol–water partition coefficient (Wildman–Crippen LogP) is 5.63. The number of hydrogen-bond acceptors (Lipinski definition) is 3. The fraction of sp³-hybridized carbons (Fsp3) is 0.125. The van der Waals surface area contributed by atoms with Gasteiger partial charge in [0, 0.05) is 22.6 Å². The van der Waals surface area contributed by atoms with Crippen molar-refractivity contribution in [3.8, 4) is 0 Å². The lowest BCUT2D eigenvalue weighted by atomic mass is 9.78. The molecule has 0 saturated carbocycles. The fourth-order valence-electron chi connectivity index (χ4n) is 3.83. The number of halogens is 2. The zero-order chi connectivity index (χ0) is 20.6. The summed E-state index contributed by atoms with van der Waals surface area (Å²) in [5, 5.41) is 0. The van der Waals surface area contributed by atoms with Crippen LogP contribution in [0.15, 0.2) is 84.9 Å².